The molecule has 0 spiro atoms. The summed E-state index contributed by atoms with van der Waals surface area (Å²) in [6.07, 6.45) is 0. The normalized spacial score (nSPS) is 13.1. The van der Waals surface area contributed by atoms with Crippen LogP contribution in [0.1, 0.15) is 25.0 Å². The number of aromatic nitrogens is 2. The summed E-state index contributed by atoms with van der Waals surface area (Å²) < 4.78 is 4.99. The lowest BCUT2D eigenvalue weighted by molar-refractivity contribution is 0.660. The summed E-state index contributed by atoms with van der Waals surface area (Å²) in [6.45, 7) is 4.70. The maximum Gasteiger partial charge on any atom is 0.0789 e. The number of para-hydroxylation sites is 2. The molecule has 55 heavy (non-hydrogen) atoms. The number of nitrogens with zero attached hydrogens (tertiary/aromatic N) is 2. The Morgan fingerprint density at radius 2 is 0.927 bits per heavy atom. The van der Waals surface area contributed by atoms with E-state index < -0.39 is 0 Å². The lowest BCUT2D eigenvalue weighted by atomic mass is 9.81. The smallest absolute Gasteiger partial charge is 0.0789 e. The molecule has 2 heteroatoms. The Morgan fingerprint density at radius 1 is 0.364 bits per heavy atom. The number of hydrogen-bond donors (Lipinski definition) is 0. The van der Waals surface area contributed by atoms with Crippen LogP contribution in [0, 0.1) is 0 Å². The first-order valence-corrected chi connectivity index (χ1v) is 19.2. The molecule has 1 aliphatic rings. The molecule has 0 atom stereocenters. The van der Waals surface area contributed by atoms with Crippen LogP contribution in [0.5, 0.6) is 0 Å². The van der Waals surface area contributed by atoms with Gasteiger partial charge in [0.25, 0.3) is 0 Å². The highest BCUT2D eigenvalue weighted by Gasteiger charge is 2.35. The second kappa shape index (κ2) is 12.1. The van der Waals surface area contributed by atoms with Gasteiger partial charge in [-0.15, -0.1) is 0 Å². The van der Waals surface area contributed by atoms with Crippen molar-refractivity contribution in [3.8, 4) is 56.0 Å². The minimum Gasteiger partial charge on any atom is -0.307 e. The van der Waals surface area contributed by atoms with Crippen LogP contribution in [0.15, 0.2) is 194 Å². The molecule has 1 aliphatic carbocycles. The Hall–Kier alpha value is -6.90. The molecule has 0 fully saturated rings. The standard InChI is InChI=1S/C53H38N2/c1-53(2)46-24-14-12-22-41(46)42-31-28-38(34-47(42)53)35-26-29-40(30-27-35)54-48-25-15-13-23-43(48)44-32-33-45-49(36-16-6-3-7-17-36)50(37-18-8-4-9-19-37)55(52(45)51(44)54)39-20-10-5-11-21-39/h3-34H,1-2H3. The Kier molecular flexibility index (Phi) is 6.93. The van der Waals surface area contributed by atoms with Crippen molar-refractivity contribution in [3.63, 3.8) is 0 Å². The van der Waals surface area contributed by atoms with Gasteiger partial charge in [-0.05, 0) is 80.9 Å². The van der Waals surface area contributed by atoms with E-state index in [1.165, 1.54) is 88.5 Å². The summed E-state index contributed by atoms with van der Waals surface area (Å²) in [7, 11) is 0. The summed E-state index contributed by atoms with van der Waals surface area (Å²) in [5.41, 5.74) is 18.6. The Morgan fingerprint density at radius 3 is 1.69 bits per heavy atom. The fourth-order valence-electron chi connectivity index (χ4n) is 9.38. The van der Waals surface area contributed by atoms with E-state index in [0.29, 0.717) is 0 Å². The van der Waals surface area contributed by atoms with E-state index in [1.807, 2.05) is 0 Å². The van der Waals surface area contributed by atoms with Crippen molar-refractivity contribution in [2.75, 3.05) is 0 Å². The largest absolute Gasteiger partial charge is 0.307 e. The highest BCUT2D eigenvalue weighted by Crippen LogP contribution is 2.50. The minimum absolute atomic E-state index is 0.0406. The van der Waals surface area contributed by atoms with Gasteiger partial charge < -0.3 is 9.13 Å². The van der Waals surface area contributed by atoms with E-state index in [2.05, 4.69) is 217 Å². The maximum absolute atomic E-state index is 2.50. The van der Waals surface area contributed by atoms with Gasteiger partial charge >= 0.3 is 0 Å². The van der Waals surface area contributed by atoms with Crippen molar-refractivity contribution in [2.24, 2.45) is 0 Å². The van der Waals surface area contributed by atoms with E-state index in [0.717, 1.165) is 11.4 Å². The first-order valence-electron chi connectivity index (χ1n) is 19.2. The SMILES string of the molecule is CC1(C)c2ccccc2-c2ccc(-c3ccc(-n4c5ccccc5c5ccc6c(-c7ccccc7)c(-c7ccccc7)n(-c7ccccc7)c6c54)cc3)cc21. The monoisotopic (exact) mass is 702 g/mol. The van der Waals surface area contributed by atoms with Gasteiger partial charge in [0.15, 0.2) is 0 Å². The Labute approximate surface area is 321 Å². The zero-order valence-corrected chi connectivity index (χ0v) is 30.9. The predicted octanol–water partition coefficient (Wildman–Crippen LogP) is 14.0. The lowest BCUT2D eigenvalue weighted by Crippen LogP contribution is -2.14. The molecular weight excluding hydrogens is 665 g/mol. The molecule has 2 heterocycles. The van der Waals surface area contributed by atoms with Gasteiger partial charge in [-0.25, -0.2) is 0 Å². The van der Waals surface area contributed by atoms with Crippen LogP contribution < -0.4 is 0 Å². The second-order valence-corrected chi connectivity index (χ2v) is 15.3. The molecule has 0 saturated carbocycles. The topological polar surface area (TPSA) is 9.86 Å². The van der Waals surface area contributed by atoms with Gasteiger partial charge in [0.2, 0.25) is 0 Å². The van der Waals surface area contributed by atoms with Gasteiger partial charge in [-0.3, -0.25) is 0 Å². The van der Waals surface area contributed by atoms with Gasteiger partial charge in [-0.1, -0.05) is 172 Å². The number of hydrogen-bond acceptors (Lipinski definition) is 0. The molecule has 8 aromatic carbocycles. The summed E-state index contributed by atoms with van der Waals surface area (Å²) >= 11 is 0. The highest BCUT2D eigenvalue weighted by atomic mass is 15.1. The van der Waals surface area contributed by atoms with Crippen molar-refractivity contribution < 1.29 is 0 Å². The van der Waals surface area contributed by atoms with E-state index >= 15 is 0 Å². The van der Waals surface area contributed by atoms with E-state index in [1.54, 1.807) is 0 Å². The second-order valence-electron chi connectivity index (χ2n) is 15.3. The Bertz CT molecular complexity index is 3070. The molecule has 0 radical (unpaired) electrons. The maximum atomic E-state index is 2.50. The zero-order chi connectivity index (χ0) is 36.7. The van der Waals surface area contributed by atoms with Crippen molar-refractivity contribution in [2.45, 2.75) is 19.3 Å². The van der Waals surface area contributed by atoms with Crippen LogP contribution in [0.3, 0.4) is 0 Å². The van der Waals surface area contributed by atoms with Crippen LogP contribution in [-0.2, 0) is 5.41 Å². The van der Waals surface area contributed by atoms with Crippen molar-refractivity contribution >= 4 is 32.7 Å². The third-order valence-corrected chi connectivity index (χ3v) is 11.9. The highest BCUT2D eigenvalue weighted by molar-refractivity contribution is 6.22. The molecule has 11 rings (SSSR count). The molecule has 10 aromatic rings. The molecule has 0 N–H and O–H groups in total. The number of fused-ring (bicyclic) bond motifs is 8. The first kappa shape index (κ1) is 31.6. The molecule has 0 amide bonds. The first-order chi connectivity index (χ1) is 27.1. The third-order valence-electron chi connectivity index (χ3n) is 11.9. The zero-order valence-electron chi connectivity index (χ0n) is 30.9. The van der Waals surface area contributed by atoms with Crippen LogP contribution in [-0.4, -0.2) is 9.13 Å². The van der Waals surface area contributed by atoms with Crippen molar-refractivity contribution in [3.05, 3.63) is 205 Å². The summed E-state index contributed by atoms with van der Waals surface area (Å²) in [5.74, 6) is 0. The molecule has 2 nitrogen and oxygen atoms in total. The summed E-state index contributed by atoms with van der Waals surface area (Å²) in [5, 5.41) is 3.71. The van der Waals surface area contributed by atoms with Crippen molar-refractivity contribution in [1.29, 1.82) is 0 Å². The van der Waals surface area contributed by atoms with Gasteiger partial charge in [0.05, 0.1) is 22.2 Å². The van der Waals surface area contributed by atoms with E-state index in [-0.39, 0.29) is 5.41 Å². The molecule has 0 unspecified atom stereocenters. The van der Waals surface area contributed by atoms with Gasteiger partial charge in [0, 0.05) is 38.5 Å². The Balaban J connectivity index is 1.18. The number of rotatable bonds is 5. The number of benzene rings is 8. The molecule has 0 bridgehead atoms. The average Bonchev–Trinajstić information content (AvgIpc) is 3.85. The fourth-order valence-corrected chi connectivity index (χ4v) is 9.38. The van der Waals surface area contributed by atoms with Crippen LogP contribution in [0.4, 0.5) is 0 Å². The quantitative estimate of drug-likeness (QED) is 0.169. The third kappa shape index (κ3) is 4.68. The average molecular weight is 703 g/mol. The summed E-state index contributed by atoms with van der Waals surface area (Å²) in [4.78, 5) is 0. The van der Waals surface area contributed by atoms with E-state index in [4.69, 9.17) is 0 Å². The van der Waals surface area contributed by atoms with Crippen LogP contribution in [0.2, 0.25) is 0 Å². The van der Waals surface area contributed by atoms with Crippen molar-refractivity contribution in [1.82, 2.24) is 9.13 Å². The predicted molar refractivity (Wildman–Crippen MR) is 231 cm³/mol. The van der Waals surface area contributed by atoms with E-state index in [9.17, 15) is 0 Å². The summed E-state index contributed by atoms with van der Waals surface area (Å²) in [6, 6.07) is 71.3. The molecule has 2 aromatic heterocycles. The van der Waals surface area contributed by atoms with Gasteiger partial charge in [-0.2, -0.15) is 0 Å². The lowest BCUT2D eigenvalue weighted by Gasteiger charge is -2.22. The van der Waals surface area contributed by atoms with Crippen LogP contribution in [0.25, 0.3) is 88.7 Å². The minimum atomic E-state index is -0.0406. The molecular formula is C53H38N2. The molecule has 260 valence electrons. The van der Waals surface area contributed by atoms with Gasteiger partial charge in [0.1, 0.15) is 0 Å². The molecule has 0 saturated heterocycles. The van der Waals surface area contributed by atoms with Crippen LogP contribution >= 0.6 is 0 Å². The fraction of sp³-hybridized carbons (Fsp3) is 0.0566. The molecule has 0 aliphatic heterocycles.